The van der Waals surface area contributed by atoms with Gasteiger partial charge in [0.15, 0.2) is 0 Å². The summed E-state index contributed by atoms with van der Waals surface area (Å²) in [5.74, 6) is -0.261. The molecule has 1 rings (SSSR count). The number of nitrogens with two attached hydrogens (primary N) is 1. The molecule has 0 aliphatic carbocycles. The molecule has 0 unspecified atom stereocenters. The minimum Gasteiger partial charge on any atom is -0.347 e. The summed E-state index contributed by atoms with van der Waals surface area (Å²) in [5, 5.41) is 0. The lowest BCUT2D eigenvalue weighted by Crippen LogP contribution is -2.37. The molecule has 0 heterocycles. The third-order valence-corrected chi connectivity index (χ3v) is 2.82. The number of hydrogen-bond donors (Lipinski definition) is 1. The summed E-state index contributed by atoms with van der Waals surface area (Å²) in [5.41, 5.74) is 7.11. The lowest BCUT2D eigenvalue weighted by Gasteiger charge is -2.19. The van der Waals surface area contributed by atoms with Crippen molar-refractivity contribution in [3.63, 3.8) is 0 Å². The molecule has 0 saturated heterocycles. The van der Waals surface area contributed by atoms with Gasteiger partial charge in [0.1, 0.15) is 0 Å². The highest BCUT2D eigenvalue weighted by molar-refractivity contribution is 5.96. The molecular weight excluding hydrogens is 242 g/mol. The average molecular weight is 263 g/mol. The van der Waals surface area contributed by atoms with E-state index in [2.05, 4.69) is 0 Å². The molecule has 1 aromatic carbocycles. The van der Waals surface area contributed by atoms with E-state index in [-0.39, 0.29) is 18.4 Å². The molecular formula is C14H21N3O2. The van der Waals surface area contributed by atoms with Crippen LogP contribution in [0, 0.1) is 0 Å². The fraction of sp³-hybridized carbons (Fsp3) is 0.429. The molecule has 0 aromatic heterocycles. The van der Waals surface area contributed by atoms with Gasteiger partial charge in [-0.25, -0.2) is 0 Å². The minimum atomic E-state index is -0.158. The number of likely N-dealkylation sites (N-methyl/N-ethyl adjacent to an activating group) is 2. The van der Waals surface area contributed by atoms with Crippen LogP contribution in [0.15, 0.2) is 24.3 Å². The van der Waals surface area contributed by atoms with Crippen LogP contribution in [-0.2, 0) is 11.2 Å². The third-order valence-electron chi connectivity index (χ3n) is 2.82. The second kappa shape index (κ2) is 6.89. The van der Waals surface area contributed by atoms with Crippen molar-refractivity contribution in [3.8, 4) is 0 Å². The summed E-state index contributed by atoms with van der Waals surface area (Å²) < 4.78 is 0. The molecule has 2 amide bonds. The maximum atomic E-state index is 12.2. The number of carbonyl (C=O) groups is 2. The molecule has 0 aliphatic heterocycles. The second-order valence-corrected chi connectivity index (χ2v) is 4.69. The molecule has 0 fully saturated rings. The van der Waals surface area contributed by atoms with Gasteiger partial charge in [0, 0.05) is 26.7 Å². The van der Waals surface area contributed by atoms with Crippen molar-refractivity contribution in [2.75, 3.05) is 34.2 Å². The van der Waals surface area contributed by atoms with Gasteiger partial charge in [-0.2, -0.15) is 0 Å². The number of nitrogens with zero attached hydrogens (tertiary/aromatic N) is 2. The van der Waals surface area contributed by atoms with Crippen molar-refractivity contribution >= 4 is 11.8 Å². The highest BCUT2D eigenvalue weighted by Crippen LogP contribution is 2.08. The summed E-state index contributed by atoms with van der Waals surface area (Å²) in [7, 11) is 4.96. The molecule has 0 radical (unpaired) electrons. The lowest BCUT2D eigenvalue weighted by atomic mass is 10.1. The number of amides is 2. The number of benzene rings is 1. The van der Waals surface area contributed by atoms with Crippen molar-refractivity contribution in [3.05, 3.63) is 35.4 Å². The normalized spacial score (nSPS) is 10.1. The van der Waals surface area contributed by atoms with Gasteiger partial charge in [0.2, 0.25) is 5.91 Å². The fourth-order valence-electron chi connectivity index (χ4n) is 1.66. The number of rotatable bonds is 5. The van der Waals surface area contributed by atoms with Crippen LogP contribution < -0.4 is 5.73 Å². The predicted molar refractivity (Wildman–Crippen MR) is 74.9 cm³/mol. The van der Waals surface area contributed by atoms with Crippen LogP contribution in [0.3, 0.4) is 0 Å². The molecule has 0 bridgehead atoms. The Bertz CT molecular complexity index is 458. The first-order valence-corrected chi connectivity index (χ1v) is 6.20. The van der Waals surface area contributed by atoms with Crippen LogP contribution in [-0.4, -0.2) is 55.8 Å². The van der Waals surface area contributed by atoms with Gasteiger partial charge < -0.3 is 15.5 Å². The molecule has 104 valence electrons. The van der Waals surface area contributed by atoms with E-state index in [4.69, 9.17) is 5.73 Å². The minimum absolute atomic E-state index is 0.0763. The van der Waals surface area contributed by atoms with Gasteiger partial charge in [-0.3, -0.25) is 9.59 Å². The Morgan fingerprint density at radius 3 is 2.47 bits per heavy atom. The van der Waals surface area contributed by atoms with Crippen LogP contribution in [0.4, 0.5) is 0 Å². The van der Waals surface area contributed by atoms with Gasteiger partial charge in [-0.05, 0) is 30.7 Å². The van der Waals surface area contributed by atoms with Gasteiger partial charge in [0.25, 0.3) is 5.91 Å². The Kier molecular flexibility index (Phi) is 5.51. The summed E-state index contributed by atoms with van der Waals surface area (Å²) >= 11 is 0. The topological polar surface area (TPSA) is 66.6 Å². The molecule has 0 atom stereocenters. The highest BCUT2D eigenvalue weighted by Gasteiger charge is 2.16. The van der Waals surface area contributed by atoms with Gasteiger partial charge in [-0.1, -0.05) is 12.1 Å². The fourth-order valence-corrected chi connectivity index (χ4v) is 1.66. The molecule has 5 nitrogen and oxygen atoms in total. The van der Waals surface area contributed by atoms with Crippen LogP contribution >= 0.6 is 0 Å². The van der Waals surface area contributed by atoms with Crippen molar-refractivity contribution in [2.24, 2.45) is 5.73 Å². The quantitative estimate of drug-likeness (QED) is 0.833. The highest BCUT2D eigenvalue weighted by atomic mass is 16.2. The Morgan fingerprint density at radius 1 is 1.21 bits per heavy atom. The Labute approximate surface area is 114 Å². The van der Waals surface area contributed by atoms with Gasteiger partial charge in [0.05, 0.1) is 6.54 Å². The van der Waals surface area contributed by atoms with E-state index in [1.54, 1.807) is 27.2 Å². The summed E-state index contributed by atoms with van der Waals surface area (Å²) in [6.45, 7) is 0.625. The standard InChI is InChI=1S/C14H21N3O2/c1-16(2)13(18)10-17(3)14(19)12-6-4-5-11(9-12)7-8-15/h4-6,9H,7-8,10,15H2,1-3H3. The van der Waals surface area contributed by atoms with Crippen molar-refractivity contribution in [1.82, 2.24) is 9.80 Å². The zero-order valence-corrected chi connectivity index (χ0v) is 11.7. The van der Waals surface area contributed by atoms with Crippen molar-refractivity contribution in [1.29, 1.82) is 0 Å². The second-order valence-electron chi connectivity index (χ2n) is 4.69. The SMILES string of the molecule is CN(C)C(=O)CN(C)C(=O)c1cccc(CCN)c1. The third kappa shape index (κ3) is 4.37. The first kappa shape index (κ1) is 15.2. The van der Waals surface area contributed by atoms with E-state index in [1.807, 2.05) is 18.2 Å². The Morgan fingerprint density at radius 2 is 1.89 bits per heavy atom. The molecule has 0 saturated carbocycles. The zero-order valence-electron chi connectivity index (χ0n) is 11.7. The summed E-state index contributed by atoms with van der Waals surface area (Å²) in [6, 6.07) is 7.35. The van der Waals surface area contributed by atoms with E-state index in [0.717, 1.165) is 12.0 Å². The van der Waals surface area contributed by atoms with E-state index < -0.39 is 0 Å². The maximum Gasteiger partial charge on any atom is 0.254 e. The summed E-state index contributed by atoms with van der Waals surface area (Å²) in [6.07, 6.45) is 0.738. The summed E-state index contributed by atoms with van der Waals surface area (Å²) in [4.78, 5) is 26.6. The lowest BCUT2D eigenvalue weighted by molar-refractivity contribution is -0.129. The average Bonchev–Trinajstić information content (AvgIpc) is 2.38. The van der Waals surface area contributed by atoms with Crippen LogP contribution in [0.25, 0.3) is 0 Å². The first-order valence-electron chi connectivity index (χ1n) is 6.20. The van der Waals surface area contributed by atoms with Crippen molar-refractivity contribution in [2.45, 2.75) is 6.42 Å². The van der Waals surface area contributed by atoms with E-state index in [0.29, 0.717) is 12.1 Å². The Hall–Kier alpha value is -1.88. The van der Waals surface area contributed by atoms with Crippen LogP contribution in [0.1, 0.15) is 15.9 Å². The maximum absolute atomic E-state index is 12.2. The Balaban J connectivity index is 2.76. The smallest absolute Gasteiger partial charge is 0.254 e. The number of carbonyl (C=O) groups excluding carboxylic acids is 2. The monoisotopic (exact) mass is 263 g/mol. The van der Waals surface area contributed by atoms with E-state index in [9.17, 15) is 9.59 Å². The van der Waals surface area contributed by atoms with Crippen molar-refractivity contribution < 1.29 is 9.59 Å². The molecule has 2 N–H and O–H groups in total. The number of hydrogen-bond acceptors (Lipinski definition) is 3. The van der Waals surface area contributed by atoms with E-state index >= 15 is 0 Å². The first-order chi connectivity index (χ1) is 8.95. The molecule has 5 heteroatoms. The molecule has 19 heavy (non-hydrogen) atoms. The predicted octanol–water partition coefficient (Wildman–Crippen LogP) is 0.348. The van der Waals surface area contributed by atoms with Gasteiger partial charge >= 0.3 is 0 Å². The van der Waals surface area contributed by atoms with Gasteiger partial charge in [-0.15, -0.1) is 0 Å². The zero-order chi connectivity index (χ0) is 14.4. The largest absolute Gasteiger partial charge is 0.347 e. The molecule has 0 aliphatic rings. The van der Waals surface area contributed by atoms with Crippen LogP contribution in [0.5, 0.6) is 0 Å². The van der Waals surface area contributed by atoms with Crippen LogP contribution in [0.2, 0.25) is 0 Å². The molecule has 1 aromatic rings. The molecule has 0 spiro atoms. The van der Waals surface area contributed by atoms with E-state index in [1.165, 1.54) is 9.80 Å².